The molecule has 1 aliphatic carbocycles. The zero-order valence-corrected chi connectivity index (χ0v) is 11.8. The van der Waals surface area contributed by atoms with E-state index in [1.54, 1.807) is 6.07 Å². The molecular formula is C14H21N5O. The van der Waals surface area contributed by atoms with E-state index < -0.39 is 0 Å². The van der Waals surface area contributed by atoms with Crippen LogP contribution in [-0.4, -0.2) is 52.7 Å². The molecule has 1 saturated carbocycles. The summed E-state index contributed by atoms with van der Waals surface area (Å²) in [6.45, 7) is 4.74. The summed E-state index contributed by atoms with van der Waals surface area (Å²) in [7, 11) is 0. The molecule has 2 fully saturated rings. The minimum Gasteiger partial charge on any atom is -0.365 e. The minimum absolute atomic E-state index is 0.174. The molecule has 1 aromatic heterocycles. The Kier molecular flexibility index (Phi) is 3.82. The van der Waals surface area contributed by atoms with Crippen LogP contribution < -0.4 is 10.6 Å². The fraction of sp³-hybridized carbons (Fsp3) is 0.643. The summed E-state index contributed by atoms with van der Waals surface area (Å²) >= 11 is 0. The molecule has 1 unspecified atom stereocenters. The third kappa shape index (κ3) is 3.07. The van der Waals surface area contributed by atoms with Gasteiger partial charge in [-0.1, -0.05) is 0 Å². The van der Waals surface area contributed by atoms with Crippen molar-refractivity contribution in [1.29, 1.82) is 0 Å². The van der Waals surface area contributed by atoms with Gasteiger partial charge >= 0.3 is 0 Å². The van der Waals surface area contributed by atoms with Crippen LogP contribution in [0.25, 0.3) is 0 Å². The average Bonchev–Trinajstić information content (AvgIpc) is 3.21. The van der Waals surface area contributed by atoms with Gasteiger partial charge in [-0.05, 0) is 38.3 Å². The molecule has 1 saturated heterocycles. The number of rotatable bonds is 5. The maximum atomic E-state index is 11.6. The third-order valence-electron chi connectivity index (χ3n) is 3.87. The van der Waals surface area contributed by atoms with E-state index in [0.29, 0.717) is 18.3 Å². The molecule has 0 radical (unpaired) electrons. The normalized spacial score (nSPS) is 22.8. The Morgan fingerprint density at radius 1 is 1.35 bits per heavy atom. The van der Waals surface area contributed by atoms with E-state index in [0.717, 1.165) is 24.8 Å². The number of nitrogens with zero attached hydrogens (tertiary/aromatic N) is 3. The Hall–Kier alpha value is -1.69. The van der Waals surface area contributed by atoms with Crippen molar-refractivity contribution in [1.82, 2.24) is 20.4 Å². The second kappa shape index (κ2) is 5.75. The SMILES string of the molecule is CCNC(=O)c1ccc(NC2CCN(C3CC3)C2)nn1. The van der Waals surface area contributed by atoms with Crippen molar-refractivity contribution < 1.29 is 4.79 Å². The molecule has 1 amide bonds. The molecule has 108 valence electrons. The highest BCUT2D eigenvalue weighted by atomic mass is 16.1. The van der Waals surface area contributed by atoms with E-state index in [2.05, 4.69) is 25.7 Å². The Morgan fingerprint density at radius 3 is 2.85 bits per heavy atom. The molecule has 6 heteroatoms. The fourth-order valence-corrected chi connectivity index (χ4v) is 2.67. The number of likely N-dealkylation sites (tertiary alicyclic amines) is 1. The summed E-state index contributed by atoms with van der Waals surface area (Å²) in [5.74, 6) is 0.577. The van der Waals surface area contributed by atoms with E-state index >= 15 is 0 Å². The average molecular weight is 275 g/mol. The zero-order chi connectivity index (χ0) is 13.9. The van der Waals surface area contributed by atoms with Gasteiger partial charge in [0.15, 0.2) is 5.69 Å². The predicted molar refractivity (Wildman–Crippen MR) is 76.7 cm³/mol. The summed E-state index contributed by atoms with van der Waals surface area (Å²) in [6.07, 6.45) is 3.86. The number of nitrogens with one attached hydrogen (secondary N) is 2. The second-order valence-electron chi connectivity index (χ2n) is 5.52. The van der Waals surface area contributed by atoms with Crippen molar-refractivity contribution >= 4 is 11.7 Å². The lowest BCUT2D eigenvalue weighted by Crippen LogP contribution is -2.28. The molecule has 2 N–H and O–H groups in total. The van der Waals surface area contributed by atoms with Crippen molar-refractivity contribution in [2.75, 3.05) is 25.0 Å². The maximum absolute atomic E-state index is 11.6. The van der Waals surface area contributed by atoms with Crippen LogP contribution in [0.5, 0.6) is 0 Å². The van der Waals surface area contributed by atoms with Crippen molar-refractivity contribution in [2.24, 2.45) is 0 Å². The van der Waals surface area contributed by atoms with Gasteiger partial charge in [-0.2, -0.15) is 0 Å². The lowest BCUT2D eigenvalue weighted by atomic mass is 10.2. The lowest BCUT2D eigenvalue weighted by molar-refractivity contribution is 0.0950. The minimum atomic E-state index is -0.174. The molecule has 1 aromatic rings. The highest BCUT2D eigenvalue weighted by Crippen LogP contribution is 2.30. The largest absolute Gasteiger partial charge is 0.365 e. The highest BCUT2D eigenvalue weighted by Gasteiger charge is 2.34. The molecule has 2 aliphatic rings. The number of hydrogen-bond acceptors (Lipinski definition) is 5. The predicted octanol–water partition coefficient (Wildman–Crippen LogP) is 0.875. The summed E-state index contributed by atoms with van der Waals surface area (Å²) in [5.41, 5.74) is 0.364. The van der Waals surface area contributed by atoms with Gasteiger partial charge in [0, 0.05) is 31.7 Å². The lowest BCUT2D eigenvalue weighted by Gasteiger charge is -2.15. The third-order valence-corrected chi connectivity index (χ3v) is 3.87. The Morgan fingerprint density at radius 2 is 2.20 bits per heavy atom. The second-order valence-corrected chi connectivity index (χ2v) is 5.52. The van der Waals surface area contributed by atoms with E-state index in [4.69, 9.17) is 0 Å². The molecule has 0 aromatic carbocycles. The molecule has 0 bridgehead atoms. The molecule has 0 spiro atoms. The molecule has 6 nitrogen and oxygen atoms in total. The van der Waals surface area contributed by atoms with Crippen LogP contribution in [0.1, 0.15) is 36.7 Å². The Balaban J connectivity index is 1.54. The monoisotopic (exact) mass is 275 g/mol. The van der Waals surface area contributed by atoms with Gasteiger partial charge in [0.2, 0.25) is 0 Å². The van der Waals surface area contributed by atoms with Gasteiger partial charge in [0.05, 0.1) is 0 Å². The summed E-state index contributed by atoms with van der Waals surface area (Å²) < 4.78 is 0. The molecule has 20 heavy (non-hydrogen) atoms. The van der Waals surface area contributed by atoms with Gasteiger partial charge in [-0.15, -0.1) is 10.2 Å². The van der Waals surface area contributed by atoms with Crippen LogP contribution in [0.3, 0.4) is 0 Å². The fourth-order valence-electron chi connectivity index (χ4n) is 2.67. The van der Waals surface area contributed by atoms with Crippen molar-refractivity contribution in [3.8, 4) is 0 Å². The van der Waals surface area contributed by atoms with Crippen LogP contribution in [0.4, 0.5) is 5.82 Å². The van der Waals surface area contributed by atoms with Gasteiger partial charge in [-0.3, -0.25) is 9.69 Å². The maximum Gasteiger partial charge on any atom is 0.271 e. The van der Waals surface area contributed by atoms with Crippen molar-refractivity contribution in [3.05, 3.63) is 17.8 Å². The molecule has 1 aliphatic heterocycles. The van der Waals surface area contributed by atoms with E-state index in [1.807, 2.05) is 13.0 Å². The first-order valence-electron chi connectivity index (χ1n) is 7.39. The van der Waals surface area contributed by atoms with Crippen LogP contribution in [0, 0.1) is 0 Å². The standard InChI is InChI=1S/C14H21N5O/c1-2-15-14(20)12-5-6-13(18-17-12)16-10-7-8-19(9-10)11-3-4-11/h5-6,10-11H,2-4,7-9H2,1H3,(H,15,20)(H,16,18). The van der Waals surface area contributed by atoms with Crippen LogP contribution in [0.15, 0.2) is 12.1 Å². The van der Waals surface area contributed by atoms with Gasteiger partial charge in [-0.25, -0.2) is 0 Å². The summed E-state index contributed by atoms with van der Waals surface area (Å²) in [4.78, 5) is 14.1. The summed E-state index contributed by atoms with van der Waals surface area (Å²) in [5, 5.41) is 14.2. The number of amides is 1. The van der Waals surface area contributed by atoms with Crippen molar-refractivity contribution in [2.45, 2.75) is 38.3 Å². The number of anilines is 1. The topological polar surface area (TPSA) is 70.2 Å². The smallest absolute Gasteiger partial charge is 0.271 e. The number of hydrogen-bond donors (Lipinski definition) is 2. The van der Waals surface area contributed by atoms with Gasteiger partial charge in [0.25, 0.3) is 5.91 Å². The van der Waals surface area contributed by atoms with Crippen molar-refractivity contribution in [3.63, 3.8) is 0 Å². The molecular weight excluding hydrogens is 254 g/mol. The first kappa shape index (κ1) is 13.3. The van der Waals surface area contributed by atoms with E-state index in [-0.39, 0.29) is 5.91 Å². The summed E-state index contributed by atoms with van der Waals surface area (Å²) in [6, 6.07) is 4.82. The quantitative estimate of drug-likeness (QED) is 0.834. The first-order valence-corrected chi connectivity index (χ1v) is 7.39. The van der Waals surface area contributed by atoms with E-state index in [1.165, 1.54) is 19.4 Å². The molecule has 1 atom stereocenters. The number of carbonyl (C=O) groups is 1. The molecule has 2 heterocycles. The number of carbonyl (C=O) groups excluding carboxylic acids is 1. The Labute approximate surface area is 118 Å². The van der Waals surface area contributed by atoms with E-state index in [9.17, 15) is 4.79 Å². The first-order chi connectivity index (χ1) is 9.76. The van der Waals surface area contributed by atoms with Crippen LogP contribution in [0.2, 0.25) is 0 Å². The molecule has 3 rings (SSSR count). The van der Waals surface area contributed by atoms with Crippen LogP contribution >= 0.6 is 0 Å². The van der Waals surface area contributed by atoms with Gasteiger partial charge in [0.1, 0.15) is 5.82 Å². The van der Waals surface area contributed by atoms with Crippen LogP contribution in [-0.2, 0) is 0 Å². The number of aromatic nitrogens is 2. The Bertz CT molecular complexity index is 471. The van der Waals surface area contributed by atoms with Gasteiger partial charge < -0.3 is 10.6 Å². The zero-order valence-electron chi connectivity index (χ0n) is 11.8. The highest BCUT2D eigenvalue weighted by molar-refractivity contribution is 5.92.